The topological polar surface area (TPSA) is 49.7 Å². The van der Waals surface area contributed by atoms with E-state index in [0.29, 0.717) is 11.2 Å². The van der Waals surface area contributed by atoms with Crippen molar-refractivity contribution in [2.24, 2.45) is 0 Å². The number of methoxy groups -OCH3 is 1. The summed E-state index contributed by atoms with van der Waals surface area (Å²) in [5.41, 5.74) is 2.16. The first-order chi connectivity index (χ1) is 6.07. The van der Waals surface area contributed by atoms with E-state index in [1.165, 1.54) is 7.11 Å². The van der Waals surface area contributed by atoms with Gasteiger partial charge in [-0.15, -0.1) is 0 Å². The summed E-state index contributed by atoms with van der Waals surface area (Å²) in [6.45, 7) is 3.68. The molecule has 13 heavy (non-hydrogen) atoms. The highest BCUT2D eigenvalue weighted by Gasteiger charge is 2.20. The lowest BCUT2D eigenvalue weighted by Gasteiger charge is -2.13. The van der Waals surface area contributed by atoms with Gasteiger partial charge in [-0.1, -0.05) is 12.1 Å². The molecule has 0 aliphatic heterocycles. The zero-order valence-corrected chi connectivity index (χ0v) is 8.03. The summed E-state index contributed by atoms with van der Waals surface area (Å²) in [5.74, 6) is 0.551. The summed E-state index contributed by atoms with van der Waals surface area (Å²) in [6, 6.07) is 3.73. The number of aryl methyl sites for hydroxylation is 2. The van der Waals surface area contributed by atoms with Crippen LogP contribution in [0, 0.1) is 13.8 Å². The van der Waals surface area contributed by atoms with Crippen molar-refractivity contribution in [3.63, 3.8) is 0 Å². The van der Waals surface area contributed by atoms with Crippen LogP contribution in [0.15, 0.2) is 12.1 Å². The molecule has 1 rings (SSSR count). The Morgan fingerprint density at radius 1 is 1.15 bits per heavy atom. The molecule has 0 aliphatic carbocycles. The second-order valence-electron chi connectivity index (χ2n) is 3.02. The van der Waals surface area contributed by atoms with Crippen molar-refractivity contribution in [2.45, 2.75) is 13.8 Å². The average molecular weight is 180 g/mol. The van der Waals surface area contributed by atoms with Crippen LogP contribution < -0.4 is 10.2 Å². The summed E-state index contributed by atoms with van der Waals surface area (Å²) < 4.78 is 5.10. The third-order valence-corrected chi connectivity index (χ3v) is 2.07. The number of hydrogen-bond acceptors (Lipinski definition) is 3. The quantitative estimate of drug-likeness (QED) is 0.629. The van der Waals surface area contributed by atoms with Crippen molar-refractivity contribution in [3.8, 4) is 5.75 Å². The van der Waals surface area contributed by atoms with E-state index in [4.69, 9.17) is 14.8 Å². The maximum atomic E-state index is 9.12. The zero-order chi connectivity index (χ0) is 10.0. The molecule has 0 heterocycles. The number of rotatable bonds is 2. The molecule has 0 saturated heterocycles. The van der Waals surface area contributed by atoms with Crippen LogP contribution >= 0.6 is 0 Å². The van der Waals surface area contributed by atoms with Crippen LogP contribution in [0.25, 0.3) is 0 Å². The van der Waals surface area contributed by atoms with Gasteiger partial charge in [0.1, 0.15) is 5.75 Å². The van der Waals surface area contributed by atoms with Gasteiger partial charge in [0.2, 0.25) is 0 Å². The summed E-state index contributed by atoms with van der Waals surface area (Å²) in [7, 11) is 0.0445. The highest BCUT2D eigenvalue weighted by atomic mass is 16.5. The van der Waals surface area contributed by atoms with E-state index in [1.807, 2.05) is 26.0 Å². The van der Waals surface area contributed by atoms with Crippen LogP contribution in [-0.2, 0) is 0 Å². The molecule has 70 valence electrons. The Kier molecular flexibility index (Phi) is 2.96. The van der Waals surface area contributed by atoms with Gasteiger partial charge in [-0.05, 0) is 25.0 Å². The van der Waals surface area contributed by atoms with E-state index in [-0.39, 0.29) is 0 Å². The fourth-order valence-electron chi connectivity index (χ4n) is 1.40. The molecule has 3 nitrogen and oxygen atoms in total. The molecule has 0 radical (unpaired) electrons. The molecular formula is C9H13BO3. The molecule has 1 aromatic carbocycles. The van der Waals surface area contributed by atoms with Crippen molar-refractivity contribution >= 4 is 12.6 Å². The predicted molar refractivity (Wildman–Crippen MR) is 52.3 cm³/mol. The van der Waals surface area contributed by atoms with Crippen molar-refractivity contribution < 1.29 is 14.8 Å². The number of ether oxygens (including phenoxy) is 1. The SMILES string of the molecule is COc1c(C)ccc(C)c1B(O)O. The third-order valence-electron chi connectivity index (χ3n) is 2.07. The molecule has 1 aromatic rings. The van der Waals surface area contributed by atoms with E-state index in [2.05, 4.69) is 0 Å². The van der Waals surface area contributed by atoms with Gasteiger partial charge in [0.15, 0.2) is 0 Å². The fourth-order valence-corrected chi connectivity index (χ4v) is 1.40. The summed E-state index contributed by atoms with van der Waals surface area (Å²) in [4.78, 5) is 0. The number of benzene rings is 1. The number of hydrogen-bond donors (Lipinski definition) is 2. The Morgan fingerprint density at radius 3 is 2.08 bits per heavy atom. The summed E-state index contributed by atoms with van der Waals surface area (Å²) >= 11 is 0. The second kappa shape index (κ2) is 3.81. The predicted octanol–water partition coefficient (Wildman–Crippen LogP) is -0.00816. The average Bonchev–Trinajstić information content (AvgIpc) is 2.07. The van der Waals surface area contributed by atoms with Crippen LogP contribution in [0.4, 0.5) is 0 Å². The van der Waals surface area contributed by atoms with Gasteiger partial charge < -0.3 is 14.8 Å². The Labute approximate surface area is 78.1 Å². The Morgan fingerprint density at radius 2 is 1.69 bits per heavy atom. The lowest BCUT2D eigenvalue weighted by Crippen LogP contribution is -2.33. The first-order valence-electron chi connectivity index (χ1n) is 4.08. The second-order valence-corrected chi connectivity index (χ2v) is 3.02. The van der Waals surface area contributed by atoms with E-state index in [0.717, 1.165) is 11.1 Å². The lowest BCUT2D eigenvalue weighted by atomic mass is 9.75. The highest BCUT2D eigenvalue weighted by molar-refractivity contribution is 6.60. The minimum absolute atomic E-state index is 0.447. The van der Waals surface area contributed by atoms with Crippen molar-refractivity contribution in [2.75, 3.05) is 7.11 Å². The molecule has 0 spiro atoms. The molecule has 0 bridgehead atoms. The Bertz CT molecular complexity index is 310. The van der Waals surface area contributed by atoms with Gasteiger partial charge in [0.25, 0.3) is 0 Å². The maximum absolute atomic E-state index is 9.12. The van der Waals surface area contributed by atoms with Crippen LogP contribution in [0.3, 0.4) is 0 Å². The van der Waals surface area contributed by atoms with Gasteiger partial charge in [-0.25, -0.2) is 0 Å². The van der Waals surface area contributed by atoms with E-state index < -0.39 is 7.12 Å². The molecule has 0 saturated carbocycles. The van der Waals surface area contributed by atoms with Gasteiger partial charge >= 0.3 is 7.12 Å². The van der Waals surface area contributed by atoms with Crippen LogP contribution in [0.5, 0.6) is 5.75 Å². The molecular weight excluding hydrogens is 167 g/mol. The fraction of sp³-hybridized carbons (Fsp3) is 0.333. The monoisotopic (exact) mass is 180 g/mol. The first kappa shape index (κ1) is 10.1. The van der Waals surface area contributed by atoms with Gasteiger partial charge in [0.05, 0.1) is 7.11 Å². The van der Waals surface area contributed by atoms with Crippen LogP contribution in [-0.4, -0.2) is 24.3 Å². The Balaban J connectivity index is 3.35. The molecule has 4 heteroatoms. The van der Waals surface area contributed by atoms with E-state index in [1.54, 1.807) is 0 Å². The molecule has 0 aliphatic rings. The van der Waals surface area contributed by atoms with Crippen LogP contribution in [0.2, 0.25) is 0 Å². The van der Waals surface area contributed by atoms with Gasteiger partial charge in [-0.2, -0.15) is 0 Å². The van der Waals surface area contributed by atoms with Crippen LogP contribution in [0.1, 0.15) is 11.1 Å². The standard InChI is InChI=1S/C9H13BO3/c1-6-4-5-7(2)9(13-3)8(6)10(11)12/h4-5,11-12H,1-3H3. The van der Waals surface area contributed by atoms with Crippen molar-refractivity contribution in [3.05, 3.63) is 23.3 Å². The minimum Gasteiger partial charge on any atom is -0.497 e. The molecule has 0 fully saturated rings. The smallest absolute Gasteiger partial charge is 0.492 e. The minimum atomic E-state index is -1.48. The Hall–Kier alpha value is -0.995. The first-order valence-corrected chi connectivity index (χ1v) is 4.08. The molecule has 2 N–H and O–H groups in total. The molecule has 0 aromatic heterocycles. The summed E-state index contributed by atoms with van der Waals surface area (Å²) in [6.07, 6.45) is 0. The highest BCUT2D eigenvalue weighted by Crippen LogP contribution is 2.16. The molecule has 0 amide bonds. The molecule has 0 atom stereocenters. The van der Waals surface area contributed by atoms with E-state index >= 15 is 0 Å². The molecule has 0 unspecified atom stereocenters. The normalized spacial score (nSPS) is 9.92. The maximum Gasteiger partial charge on any atom is 0.492 e. The summed E-state index contributed by atoms with van der Waals surface area (Å²) in [5, 5.41) is 18.2. The zero-order valence-electron chi connectivity index (χ0n) is 8.03. The van der Waals surface area contributed by atoms with Gasteiger partial charge in [-0.3, -0.25) is 0 Å². The third kappa shape index (κ3) is 1.84. The van der Waals surface area contributed by atoms with Gasteiger partial charge in [0, 0.05) is 5.46 Å². The van der Waals surface area contributed by atoms with Crippen molar-refractivity contribution in [1.29, 1.82) is 0 Å². The van der Waals surface area contributed by atoms with E-state index in [9.17, 15) is 0 Å². The van der Waals surface area contributed by atoms with Crippen molar-refractivity contribution in [1.82, 2.24) is 0 Å². The lowest BCUT2D eigenvalue weighted by molar-refractivity contribution is 0.400. The largest absolute Gasteiger partial charge is 0.497 e.